The molecule has 0 aromatic heterocycles. The molecule has 64 valence electrons. The first-order chi connectivity index (χ1) is 5.52. The lowest BCUT2D eigenvalue weighted by Crippen LogP contribution is -1.94. The molecule has 0 aliphatic heterocycles. The Hall–Kier alpha value is -1.02. The smallest absolute Gasteiger partial charge is 0.165 e. The van der Waals surface area contributed by atoms with Gasteiger partial charge in [-0.15, -0.1) is 0 Å². The van der Waals surface area contributed by atoms with Crippen LogP contribution in [0.25, 0.3) is 0 Å². The van der Waals surface area contributed by atoms with Gasteiger partial charge in [0.05, 0.1) is 10.6 Å². The minimum atomic E-state index is -0.225. The Labute approximate surface area is 75.8 Å². The van der Waals surface area contributed by atoms with Gasteiger partial charge in [-0.05, 0) is 31.5 Å². The van der Waals surface area contributed by atoms with Crippen LogP contribution in [0.3, 0.4) is 0 Å². The fourth-order valence-corrected chi connectivity index (χ4v) is 1.47. The number of carbonyl (C=O) groups is 1. The van der Waals surface area contributed by atoms with Crippen LogP contribution >= 0.6 is 11.6 Å². The van der Waals surface area contributed by atoms with Crippen LogP contribution in [-0.2, 0) is 0 Å². The maximum atomic E-state index is 11.0. The highest BCUT2D eigenvalue weighted by Crippen LogP contribution is 2.27. The number of carbonyl (C=O) groups excluding carboxylic acids is 1. The summed E-state index contributed by atoms with van der Waals surface area (Å²) in [5, 5.41) is 9.64. The van der Waals surface area contributed by atoms with Gasteiger partial charge in [0.25, 0.3) is 0 Å². The highest BCUT2D eigenvalue weighted by atomic mass is 35.5. The van der Waals surface area contributed by atoms with E-state index < -0.39 is 0 Å². The Balaban J connectivity index is 3.38. The van der Waals surface area contributed by atoms with Crippen molar-refractivity contribution in [1.29, 1.82) is 0 Å². The highest BCUT2D eigenvalue weighted by molar-refractivity contribution is 6.34. The van der Waals surface area contributed by atoms with E-state index in [4.69, 9.17) is 11.6 Å². The second kappa shape index (κ2) is 3.15. The van der Waals surface area contributed by atoms with Crippen LogP contribution in [0.15, 0.2) is 12.1 Å². The van der Waals surface area contributed by atoms with Crippen LogP contribution in [0.2, 0.25) is 5.02 Å². The van der Waals surface area contributed by atoms with Gasteiger partial charge in [-0.2, -0.15) is 0 Å². The van der Waals surface area contributed by atoms with E-state index in [0.717, 1.165) is 5.56 Å². The van der Waals surface area contributed by atoms with E-state index in [1.807, 2.05) is 0 Å². The third-order valence-corrected chi connectivity index (χ3v) is 1.86. The number of Topliss-reactive ketones (excluding diaryl/α,β-unsaturated/α-hetero) is 1. The minimum Gasteiger partial charge on any atom is -0.507 e. The van der Waals surface area contributed by atoms with E-state index in [1.165, 1.54) is 13.0 Å². The standard InChI is InChI=1S/C9H9ClO2/c1-5-3-7(10)9(6(2)11)8(12)4-5/h3-4,12H,1-2H3. The van der Waals surface area contributed by atoms with Crippen molar-refractivity contribution in [3.8, 4) is 5.75 Å². The number of halogens is 1. The molecule has 0 saturated carbocycles. The summed E-state index contributed by atoms with van der Waals surface area (Å²) in [6, 6.07) is 3.17. The number of hydrogen-bond acceptors (Lipinski definition) is 2. The third kappa shape index (κ3) is 1.59. The van der Waals surface area contributed by atoms with Crippen LogP contribution in [-0.4, -0.2) is 10.9 Å². The molecule has 0 fully saturated rings. The molecule has 2 nitrogen and oxygen atoms in total. The summed E-state index contributed by atoms with van der Waals surface area (Å²) in [7, 11) is 0. The number of aryl methyl sites for hydroxylation is 1. The Morgan fingerprint density at radius 2 is 2.08 bits per heavy atom. The maximum absolute atomic E-state index is 11.0. The van der Waals surface area contributed by atoms with Gasteiger partial charge < -0.3 is 5.11 Å². The van der Waals surface area contributed by atoms with Crippen LogP contribution in [0.1, 0.15) is 22.8 Å². The largest absolute Gasteiger partial charge is 0.507 e. The van der Waals surface area contributed by atoms with Crippen LogP contribution in [0.4, 0.5) is 0 Å². The number of benzene rings is 1. The Morgan fingerprint density at radius 3 is 2.50 bits per heavy atom. The fraction of sp³-hybridized carbons (Fsp3) is 0.222. The first-order valence-corrected chi connectivity index (χ1v) is 3.90. The lowest BCUT2D eigenvalue weighted by Gasteiger charge is -2.03. The van der Waals surface area contributed by atoms with Crippen LogP contribution < -0.4 is 0 Å². The Kier molecular flexibility index (Phi) is 2.38. The SMILES string of the molecule is CC(=O)c1c(O)cc(C)cc1Cl. The van der Waals surface area contributed by atoms with E-state index in [2.05, 4.69) is 0 Å². The molecule has 1 rings (SSSR count). The number of hydrogen-bond donors (Lipinski definition) is 1. The third-order valence-electron chi connectivity index (χ3n) is 1.57. The van der Waals surface area contributed by atoms with E-state index >= 15 is 0 Å². The van der Waals surface area contributed by atoms with Crippen molar-refractivity contribution >= 4 is 17.4 Å². The summed E-state index contributed by atoms with van der Waals surface area (Å²) < 4.78 is 0. The van der Waals surface area contributed by atoms with Gasteiger partial charge in [-0.3, -0.25) is 4.79 Å². The van der Waals surface area contributed by atoms with Gasteiger partial charge in [-0.1, -0.05) is 11.6 Å². The second-order valence-corrected chi connectivity index (χ2v) is 3.10. The lowest BCUT2D eigenvalue weighted by molar-refractivity contribution is 0.101. The van der Waals surface area contributed by atoms with Crippen molar-refractivity contribution in [2.24, 2.45) is 0 Å². The minimum absolute atomic E-state index is 0.0486. The average molecular weight is 185 g/mol. The zero-order valence-electron chi connectivity index (χ0n) is 6.89. The molecule has 1 aromatic rings. The van der Waals surface area contributed by atoms with E-state index in [1.54, 1.807) is 13.0 Å². The average Bonchev–Trinajstić information content (AvgIpc) is 1.82. The molecule has 0 unspecified atom stereocenters. The van der Waals surface area contributed by atoms with Crippen LogP contribution in [0.5, 0.6) is 5.75 Å². The first kappa shape index (κ1) is 9.07. The first-order valence-electron chi connectivity index (χ1n) is 3.52. The van der Waals surface area contributed by atoms with Gasteiger partial charge in [-0.25, -0.2) is 0 Å². The summed E-state index contributed by atoms with van der Waals surface area (Å²) in [6.07, 6.45) is 0. The topological polar surface area (TPSA) is 37.3 Å². The molecule has 0 spiro atoms. The van der Waals surface area contributed by atoms with Crippen molar-refractivity contribution in [3.05, 3.63) is 28.3 Å². The number of phenolic OH excluding ortho intramolecular Hbond substituents is 1. The number of ketones is 1. The van der Waals surface area contributed by atoms with E-state index in [0.29, 0.717) is 5.02 Å². The summed E-state index contributed by atoms with van der Waals surface area (Å²) >= 11 is 5.75. The predicted octanol–water partition coefficient (Wildman–Crippen LogP) is 2.56. The monoisotopic (exact) mass is 184 g/mol. The Bertz CT molecular complexity index is 308. The molecule has 0 bridgehead atoms. The van der Waals surface area contributed by atoms with Crippen molar-refractivity contribution in [1.82, 2.24) is 0 Å². The number of phenols is 1. The van der Waals surface area contributed by atoms with Gasteiger partial charge in [0.2, 0.25) is 0 Å². The number of rotatable bonds is 1. The predicted molar refractivity (Wildman–Crippen MR) is 47.9 cm³/mol. The van der Waals surface area contributed by atoms with E-state index in [-0.39, 0.29) is 17.1 Å². The maximum Gasteiger partial charge on any atom is 0.165 e. The van der Waals surface area contributed by atoms with Crippen molar-refractivity contribution in [2.75, 3.05) is 0 Å². The van der Waals surface area contributed by atoms with Gasteiger partial charge in [0.15, 0.2) is 5.78 Å². The highest BCUT2D eigenvalue weighted by Gasteiger charge is 2.11. The summed E-state index contributed by atoms with van der Waals surface area (Å²) in [5.74, 6) is -0.273. The molecule has 3 heteroatoms. The van der Waals surface area contributed by atoms with Gasteiger partial charge >= 0.3 is 0 Å². The van der Waals surface area contributed by atoms with Crippen molar-refractivity contribution < 1.29 is 9.90 Å². The molecule has 0 heterocycles. The van der Waals surface area contributed by atoms with Gasteiger partial charge in [0, 0.05) is 0 Å². The summed E-state index contributed by atoms with van der Waals surface area (Å²) in [4.78, 5) is 11.0. The molecule has 1 aromatic carbocycles. The zero-order valence-corrected chi connectivity index (χ0v) is 7.64. The molecule has 0 saturated heterocycles. The summed E-state index contributed by atoms with van der Waals surface area (Å²) in [6.45, 7) is 3.17. The van der Waals surface area contributed by atoms with Crippen molar-refractivity contribution in [3.63, 3.8) is 0 Å². The molecular weight excluding hydrogens is 176 g/mol. The fourth-order valence-electron chi connectivity index (χ4n) is 1.07. The quantitative estimate of drug-likeness (QED) is 0.682. The van der Waals surface area contributed by atoms with Crippen LogP contribution in [0, 0.1) is 6.92 Å². The molecule has 0 amide bonds. The van der Waals surface area contributed by atoms with Crippen molar-refractivity contribution in [2.45, 2.75) is 13.8 Å². The molecular formula is C9H9ClO2. The van der Waals surface area contributed by atoms with Gasteiger partial charge in [0.1, 0.15) is 5.75 Å². The number of aromatic hydroxyl groups is 1. The normalized spacial score (nSPS) is 9.92. The molecule has 0 aliphatic rings. The molecule has 0 aliphatic carbocycles. The van der Waals surface area contributed by atoms with E-state index in [9.17, 15) is 9.90 Å². The molecule has 12 heavy (non-hydrogen) atoms. The molecule has 0 radical (unpaired) electrons. The second-order valence-electron chi connectivity index (χ2n) is 2.70. The molecule has 1 N–H and O–H groups in total. The zero-order chi connectivity index (χ0) is 9.30. The summed E-state index contributed by atoms with van der Waals surface area (Å²) in [5.41, 5.74) is 1.03. The molecule has 0 atom stereocenters. The lowest BCUT2D eigenvalue weighted by atomic mass is 10.1. The Morgan fingerprint density at radius 1 is 1.50 bits per heavy atom.